The first-order valence-corrected chi connectivity index (χ1v) is 17.3. The fraction of sp³-hybridized carbons (Fsp3) is 0.0638. The number of aromatic nitrogens is 3. The molecular weight excluding hydrogens is 607 g/mol. The standard InChI is InChI=1S/C47H31N3/c1-47(2)39-26-29(28-21-24-43-38(25-28)35-14-8-9-18-42(35)50(43)31-11-4-3-5-12-31)19-22-33(39)34-23-20-30(27-40(34)47)46-48-41-17-10-16-36-32-13-6-7-15-37(32)45(49-46)44(36)41/h3-27H,1-2H3. The lowest BCUT2D eigenvalue weighted by atomic mass is 9.81. The van der Waals surface area contributed by atoms with E-state index in [1.807, 2.05) is 0 Å². The van der Waals surface area contributed by atoms with Crippen LogP contribution in [0.15, 0.2) is 152 Å². The highest BCUT2D eigenvalue weighted by atomic mass is 15.0. The summed E-state index contributed by atoms with van der Waals surface area (Å²) in [5.41, 5.74) is 17.9. The Bertz CT molecular complexity index is 2890. The lowest BCUT2D eigenvalue weighted by Crippen LogP contribution is -2.15. The molecule has 0 amide bonds. The summed E-state index contributed by atoms with van der Waals surface area (Å²) in [6.45, 7) is 4.70. The number of nitrogens with zero attached hydrogens (tertiary/aromatic N) is 3. The fourth-order valence-electron chi connectivity index (χ4n) is 8.72. The molecule has 0 saturated carbocycles. The van der Waals surface area contributed by atoms with Gasteiger partial charge in [-0.2, -0.15) is 0 Å². The summed E-state index contributed by atoms with van der Waals surface area (Å²) in [5.74, 6) is 0.777. The summed E-state index contributed by atoms with van der Waals surface area (Å²) in [4.78, 5) is 10.3. The zero-order valence-corrected chi connectivity index (χ0v) is 27.8. The maximum absolute atomic E-state index is 5.21. The highest BCUT2D eigenvalue weighted by molar-refractivity contribution is 6.13. The molecule has 9 aromatic rings. The molecule has 0 aliphatic heterocycles. The predicted molar refractivity (Wildman–Crippen MR) is 207 cm³/mol. The molecule has 0 unspecified atom stereocenters. The van der Waals surface area contributed by atoms with E-state index in [9.17, 15) is 0 Å². The van der Waals surface area contributed by atoms with Crippen LogP contribution < -0.4 is 0 Å². The van der Waals surface area contributed by atoms with Gasteiger partial charge in [-0.1, -0.05) is 117 Å². The topological polar surface area (TPSA) is 30.7 Å². The summed E-state index contributed by atoms with van der Waals surface area (Å²) >= 11 is 0. The smallest absolute Gasteiger partial charge is 0.160 e. The van der Waals surface area contributed by atoms with Crippen LogP contribution in [0.5, 0.6) is 0 Å². The molecule has 0 bridgehead atoms. The zero-order chi connectivity index (χ0) is 33.1. The van der Waals surface area contributed by atoms with Crippen LogP contribution in [0.3, 0.4) is 0 Å². The lowest BCUT2D eigenvalue weighted by Gasteiger charge is -2.22. The molecular formula is C47H31N3. The molecule has 2 heterocycles. The maximum atomic E-state index is 5.21. The molecule has 234 valence electrons. The van der Waals surface area contributed by atoms with Crippen molar-refractivity contribution in [2.24, 2.45) is 0 Å². The zero-order valence-electron chi connectivity index (χ0n) is 27.8. The molecule has 50 heavy (non-hydrogen) atoms. The summed E-state index contributed by atoms with van der Waals surface area (Å²) in [7, 11) is 0. The van der Waals surface area contributed by atoms with Gasteiger partial charge in [-0.25, -0.2) is 9.97 Å². The Morgan fingerprint density at radius 2 is 1.10 bits per heavy atom. The minimum atomic E-state index is -0.183. The minimum absolute atomic E-state index is 0.183. The van der Waals surface area contributed by atoms with E-state index in [1.165, 1.54) is 77.6 Å². The molecule has 2 aromatic heterocycles. The van der Waals surface area contributed by atoms with Crippen LogP contribution in [0.4, 0.5) is 0 Å². The quantitative estimate of drug-likeness (QED) is 0.193. The molecule has 3 nitrogen and oxygen atoms in total. The summed E-state index contributed by atoms with van der Waals surface area (Å²) in [5, 5.41) is 3.69. The number of fused-ring (bicyclic) bond motifs is 9. The molecule has 0 saturated heterocycles. The van der Waals surface area contributed by atoms with Gasteiger partial charge in [-0.3, -0.25) is 0 Å². The van der Waals surface area contributed by atoms with E-state index in [0.717, 1.165) is 28.0 Å². The van der Waals surface area contributed by atoms with Crippen LogP contribution in [-0.4, -0.2) is 14.5 Å². The van der Waals surface area contributed by atoms with Crippen molar-refractivity contribution in [3.8, 4) is 61.7 Å². The van der Waals surface area contributed by atoms with Crippen molar-refractivity contribution in [2.45, 2.75) is 19.3 Å². The van der Waals surface area contributed by atoms with E-state index >= 15 is 0 Å². The Hall–Kier alpha value is -6.32. The van der Waals surface area contributed by atoms with Gasteiger partial charge in [0.1, 0.15) is 0 Å². The van der Waals surface area contributed by atoms with Gasteiger partial charge in [0.2, 0.25) is 0 Å². The van der Waals surface area contributed by atoms with Crippen LogP contribution in [0.25, 0.3) is 94.4 Å². The first kappa shape index (κ1) is 27.6. The molecule has 2 aliphatic carbocycles. The molecule has 11 rings (SSSR count). The van der Waals surface area contributed by atoms with E-state index in [2.05, 4.69) is 170 Å². The summed E-state index contributed by atoms with van der Waals surface area (Å²) in [6.07, 6.45) is 0. The average molecular weight is 638 g/mol. The minimum Gasteiger partial charge on any atom is -0.309 e. The highest BCUT2D eigenvalue weighted by Gasteiger charge is 2.36. The number of hydrogen-bond donors (Lipinski definition) is 0. The molecule has 0 spiro atoms. The molecule has 0 radical (unpaired) electrons. The Kier molecular flexibility index (Phi) is 5.45. The second-order valence-corrected chi connectivity index (χ2v) is 14.2. The third kappa shape index (κ3) is 3.69. The van der Waals surface area contributed by atoms with Gasteiger partial charge < -0.3 is 4.57 Å². The van der Waals surface area contributed by atoms with Crippen molar-refractivity contribution in [3.05, 3.63) is 163 Å². The number of para-hydroxylation sites is 2. The molecule has 0 N–H and O–H groups in total. The third-order valence-corrected chi connectivity index (χ3v) is 11.2. The van der Waals surface area contributed by atoms with Gasteiger partial charge >= 0.3 is 0 Å². The number of hydrogen-bond acceptors (Lipinski definition) is 2. The van der Waals surface area contributed by atoms with Crippen molar-refractivity contribution < 1.29 is 0 Å². The highest BCUT2D eigenvalue weighted by Crippen LogP contribution is 2.51. The van der Waals surface area contributed by atoms with Crippen molar-refractivity contribution in [2.75, 3.05) is 0 Å². The van der Waals surface area contributed by atoms with Crippen molar-refractivity contribution >= 4 is 32.7 Å². The number of benzene rings is 7. The molecule has 2 aliphatic rings. The molecule has 7 aromatic carbocycles. The molecule has 3 heteroatoms. The van der Waals surface area contributed by atoms with Crippen molar-refractivity contribution in [3.63, 3.8) is 0 Å². The SMILES string of the molecule is CC1(C)c2cc(-c3ccc4c(c3)c3ccccc3n4-c3ccccc3)ccc2-c2ccc(-c3nc4c5c(cccc5n3)-c3ccccc3-4)cc21. The predicted octanol–water partition coefficient (Wildman–Crippen LogP) is 12.0. The van der Waals surface area contributed by atoms with E-state index in [4.69, 9.17) is 9.97 Å². The van der Waals surface area contributed by atoms with Crippen molar-refractivity contribution in [1.29, 1.82) is 0 Å². The Morgan fingerprint density at radius 3 is 1.94 bits per heavy atom. The summed E-state index contributed by atoms with van der Waals surface area (Å²) < 4.78 is 2.37. The second-order valence-electron chi connectivity index (χ2n) is 14.2. The van der Waals surface area contributed by atoms with E-state index in [-0.39, 0.29) is 5.41 Å². The first-order valence-electron chi connectivity index (χ1n) is 17.3. The molecule has 0 fully saturated rings. The van der Waals surface area contributed by atoms with E-state index in [1.54, 1.807) is 0 Å². The van der Waals surface area contributed by atoms with Gasteiger partial charge in [-0.15, -0.1) is 0 Å². The van der Waals surface area contributed by atoms with E-state index < -0.39 is 0 Å². The van der Waals surface area contributed by atoms with Crippen LogP contribution in [0, 0.1) is 0 Å². The third-order valence-electron chi connectivity index (χ3n) is 11.2. The van der Waals surface area contributed by atoms with Crippen LogP contribution in [-0.2, 0) is 5.41 Å². The average Bonchev–Trinajstić information content (AvgIpc) is 3.75. The Morgan fingerprint density at radius 1 is 0.460 bits per heavy atom. The number of rotatable bonds is 3. The Balaban J connectivity index is 1.01. The maximum Gasteiger partial charge on any atom is 0.160 e. The second kappa shape index (κ2) is 9.87. The van der Waals surface area contributed by atoms with Crippen LogP contribution >= 0.6 is 0 Å². The normalized spacial score (nSPS) is 13.6. The fourth-order valence-corrected chi connectivity index (χ4v) is 8.72. The van der Waals surface area contributed by atoms with Gasteiger partial charge in [0.25, 0.3) is 0 Å². The van der Waals surface area contributed by atoms with Gasteiger partial charge in [0.05, 0.1) is 22.2 Å². The van der Waals surface area contributed by atoms with Crippen molar-refractivity contribution in [1.82, 2.24) is 14.5 Å². The van der Waals surface area contributed by atoms with E-state index in [0.29, 0.717) is 0 Å². The monoisotopic (exact) mass is 637 g/mol. The summed E-state index contributed by atoms with van der Waals surface area (Å²) in [6, 6.07) is 55.1. The van der Waals surface area contributed by atoms with Gasteiger partial charge in [0, 0.05) is 38.4 Å². The Labute approximate surface area is 290 Å². The van der Waals surface area contributed by atoms with Crippen LogP contribution in [0.2, 0.25) is 0 Å². The molecule has 0 atom stereocenters. The lowest BCUT2D eigenvalue weighted by molar-refractivity contribution is 0.661. The largest absolute Gasteiger partial charge is 0.309 e. The van der Waals surface area contributed by atoms with Gasteiger partial charge in [0.15, 0.2) is 5.82 Å². The van der Waals surface area contributed by atoms with Crippen LogP contribution in [0.1, 0.15) is 25.0 Å². The van der Waals surface area contributed by atoms with Gasteiger partial charge in [-0.05, 0) is 93.0 Å². The first-order chi connectivity index (χ1) is 24.5.